The Labute approximate surface area is 249 Å². The average Bonchev–Trinajstić information content (AvgIpc) is 3.10. The number of fused-ring (bicyclic) bond motifs is 10. The Hall–Kier alpha value is -5.46. The number of benzene rings is 9. The Morgan fingerprint density at radius 1 is 0.286 bits per heavy atom. The standard InChI is InChI=1S/C42H26/c1-2-9-30-25-41-32(24-29(30)8-1)21-23-39-33(14-7-15-37(39)41)28-18-16-27(17-19-28)31-20-22-40-36-12-4-3-10-34(36)35-11-5-6-13-38(35)42(40)26-31/h1-26H/i16D,17D,18D,19D. The third-order valence-corrected chi connectivity index (χ3v) is 8.67. The van der Waals surface area contributed by atoms with E-state index in [4.69, 9.17) is 0 Å². The minimum absolute atomic E-state index is 0.0365. The van der Waals surface area contributed by atoms with Crippen LogP contribution in [-0.4, -0.2) is 0 Å². The molecule has 0 spiro atoms. The molecule has 0 heteroatoms. The lowest BCUT2D eigenvalue weighted by atomic mass is 9.91. The van der Waals surface area contributed by atoms with Crippen molar-refractivity contribution in [2.24, 2.45) is 0 Å². The average molecular weight is 535 g/mol. The van der Waals surface area contributed by atoms with Crippen LogP contribution in [0.1, 0.15) is 5.48 Å². The summed E-state index contributed by atoms with van der Waals surface area (Å²) in [6.07, 6.45) is 0. The first-order chi connectivity index (χ1) is 22.5. The Morgan fingerprint density at radius 2 is 0.810 bits per heavy atom. The number of rotatable bonds is 2. The summed E-state index contributed by atoms with van der Waals surface area (Å²) in [7, 11) is 0. The van der Waals surface area contributed by atoms with E-state index in [1.807, 2.05) is 60.7 Å². The summed E-state index contributed by atoms with van der Waals surface area (Å²) >= 11 is 0. The quantitative estimate of drug-likeness (QED) is 0.153. The van der Waals surface area contributed by atoms with E-state index in [0.29, 0.717) is 22.3 Å². The highest BCUT2D eigenvalue weighted by atomic mass is 14.1. The first kappa shape index (κ1) is 19.6. The maximum atomic E-state index is 9.22. The summed E-state index contributed by atoms with van der Waals surface area (Å²) < 4.78 is 36.8. The first-order valence-electron chi connectivity index (χ1n) is 16.3. The summed E-state index contributed by atoms with van der Waals surface area (Å²) in [5.74, 6) is 0. The molecule has 0 unspecified atom stereocenters. The van der Waals surface area contributed by atoms with Crippen LogP contribution in [0.3, 0.4) is 0 Å². The molecule has 0 heterocycles. The fraction of sp³-hybridized carbons (Fsp3) is 0. The molecule has 0 aliphatic rings. The second kappa shape index (κ2) is 9.03. The van der Waals surface area contributed by atoms with Crippen molar-refractivity contribution in [3.8, 4) is 22.3 Å². The molecule has 0 nitrogen and oxygen atoms in total. The highest BCUT2D eigenvalue weighted by molar-refractivity contribution is 6.25. The SMILES string of the molecule is [2H]c1c([2H])c(-c2cccc3c2ccc2cc4ccccc4cc23)c([2H])c([2H])c1-c1ccc2c3ccccc3c3ccccc3c2c1. The summed E-state index contributed by atoms with van der Waals surface area (Å²) in [5.41, 5.74) is 2.01. The van der Waals surface area contributed by atoms with Crippen molar-refractivity contribution in [2.75, 3.05) is 0 Å². The number of hydrogen-bond acceptors (Lipinski definition) is 0. The van der Waals surface area contributed by atoms with Crippen molar-refractivity contribution in [1.29, 1.82) is 0 Å². The molecule has 0 radical (unpaired) electrons. The van der Waals surface area contributed by atoms with Crippen molar-refractivity contribution >= 4 is 64.6 Å². The van der Waals surface area contributed by atoms with Gasteiger partial charge >= 0.3 is 0 Å². The molecule has 0 amide bonds. The van der Waals surface area contributed by atoms with Crippen LogP contribution in [0.5, 0.6) is 0 Å². The summed E-state index contributed by atoms with van der Waals surface area (Å²) in [6, 6.07) is 45.3. The van der Waals surface area contributed by atoms with Crippen molar-refractivity contribution in [3.05, 3.63) is 158 Å². The van der Waals surface area contributed by atoms with E-state index < -0.39 is 0 Å². The molecule has 0 aromatic heterocycles. The zero-order valence-corrected chi connectivity index (χ0v) is 22.7. The maximum Gasteiger partial charge on any atom is 0.0629 e. The van der Waals surface area contributed by atoms with E-state index in [1.54, 1.807) is 0 Å². The van der Waals surface area contributed by atoms with Gasteiger partial charge in [-0.15, -0.1) is 0 Å². The van der Waals surface area contributed by atoms with Gasteiger partial charge in [-0.1, -0.05) is 139 Å². The van der Waals surface area contributed by atoms with Gasteiger partial charge in [0.05, 0.1) is 5.48 Å². The van der Waals surface area contributed by atoms with Gasteiger partial charge in [0.15, 0.2) is 0 Å². The molecule has 42 heavy (non-hydrogen) atoms. The zero-order valence-electron chi connectivity index (χ0n) is 26.7. The third-order valence-electron chi connectivity index (χ3n) is 8.67. The Balaban J connectivity index is 1.27. The third kappa shape index (κ3) is 3.49. The molecule has 0 atom stereocenters. The maximum absolute atomic E-state index is 9.22. The van der Waals surface area contributed by atoms with Crippen LogP contribution in [0, 0.1) is 0 Å². The molecule has 194 valence electrons. The largest absolute Gasteiger partial charge is 0.0629 e. The summed E-state index contributed by atoms with van der Waals surface area (Å²) in [5, 5.41) is 13.2. The van der Waals surface area contributed by atoms with Gasteiger partial charge in [-0.2, -0.15) is 0 Å². The lowest BCUT2D eigenvalue weighted by molar-refractivity contribution is 1.63. The van der Waals surface area contributed by atoms with Crippen molar-refractivity contribution < 1.29 is 5.48 Å². The number of hydrogen-bond donors (Lipinski definition) is 0. The fourth-order valence-corrected chi connectivity index (χ4v) is 6.65. The van der Waals surface area contributed by atoms with E-state index in [9.17, 15) is 5.48 Å². The Kier molecular flexibility index (Phi) is 4.21. The van der Waals surface area contributed by atoms with E-state index in [-0.39, 0.29) is 24.2 Å². The van der Waals surface area contributed by atoms with Gasteiger partial charge in [0.25, 0.3) is 0 Å². The summed E-state index contributed by atoms with van der Waals surface area (Å²) in [6.45, 7) is 0. The molecule has 9 aromatic rings. The molecule has 0 aliphatic heterocycles. The molecule has 0 aliphatic carbocycles. The second-order valence-electron chi connectivity index (χ2n) is 11.0. The first-order valence-corrected chi connectivity index (χ1v) is 14.3. The van der Waals surface area contributed by atoms with Crippen molar-refractivity contribution in [3.63, 3.8) is 0 Å². The predicted octanol–water partition coefficient (Wildman–Crippen LogP) is 11.9. The second-order valence-corrected chi connectivity index (χ2v) is 11.0. The molecule has 0 bridgehead atoms. The molecular weight excluding hydrogens is 504 g/mol. The highest BCUT2D eigenvalue weighted by Crippen LogP contribution is 2.38. The predicted molar refractivity (Wildman–Crippen MR) is 182 cm³/mol. The smallest absolute Gasteiger partial charge is 0.0616 e. The molecule has 0 fully saturated rings. The van der Waals surface area contributed by atoms with Gasteiger partial charge in [-0.05, 0) is 105 Å². The van der Waals surface area contributed by atoms with Crippen LogP contribution >= 0.6 is 0 Å². The van der Waals surface area contributed by atoms with Crippen LogP contribution < -0.4 is 0 Å². The van der Waals surface area contributed by atoms with Gasteiger partial charge in [0, 0.05) is 0 Å². The Bertz CT molecular complexity index is 2680. The van der Waals surface area contributed by atoms with Gasteiger partial charge < -0.3 is 0 Å². The van der Waals surface area contributed by atoms with Crippen LogP contribution in [-0.2, 0) is 0 Å². The minimum atomic E-state index is -0.0377. The van der Waals surface area contributed by atoms with Gasteiger partial charge in [-0.25, -0.2) is 0 Å². The van der Waals surface area contributed by atoms with Crippen LogP contribution in [0.2, 0.25) is 0 Å². The molecular formula is C42H26. The molecule has 0 N–H and O–H groups in total. The normalized spacial score (nSPS) is 13.1. The van der Waals surface area contributed by atoms with Crippen LogP contribution in [0.4, 0.5) is 0 Å². The fourth-order valence-electron chi connectivity index (χ4n) is 6.65. The van der Waals surface area contributed by atoms with Crippen LogP contribution in [0.25, 0.3) is 86.9 Å². The molecule has 9 aromatic carbocycles. The van der Waals surface area contributed by atoms with Gasteiger partial charge in [0.1, 0.15) is 0 Å². The molecule has 9 rings (SSSR count). The highest BCUT2D eigenvalue weighted by Gasteiger charge is 2.11. The van der Waals surface area contributed by atoms with Crippen LogP contribution in [0.15, 0.2) is 158 Å². The Morgan fingerprint density at radius 3 is 1.52 bits per heavy atom. The summed E-state index contributed by atoms with van der Waals surface area (Å²) in [4.78, 5) is 0. The topological polar surface area (TPSA) is 0 Å². The van der Waals surface area contributed by atoms with E-state index >= 15 is 0 Å². The minimum Gasteiger partial charge on any atom is -0.0616 e. The van der Waals surface area contributed by atoms with E-state index in [1.165, 1.54) is 10.8 Å². The lowest BCUT2D eigenvalue weighted by Gasteiger charge is -2.13. The van der Waals surface area contributed by atoms with E-state index in [0.717, 1.165) is 53.9 Å². The molecule has 0 saturated heterocycles. The monoisotopic (exact) mass is 534 g/mol. The molecule has 0 saturated carbocycles. The zero-order chi connectivity index (χ0) is 31.1. The van der Waals surface area contributed by atoms with Gasteiger partial charge in [-0.3, -0.25) is 0 Å². The van der Waals surface area contributed by atoms with Gasteiger partial charge in [0.2, 0.25) is 0 Å². The lowest BCUT2D eigenvalue weighted by Crippen LogP contribution is -1.86. The van der Waals surface area contributed by atoms with Crippen molar-refractivity contribution in [2.45, 2.75) is 0 Å². The van der Waals surface area contributed by atoms with E-state index in [2.05, 4.69) is 72.8 Å². The van der Waals surface area contributed by atoms with Crippen molar-refractivity contribution in [1.82, 2.24) is 0 Å².